The Balaban J connectivity index is 1.69. The van der Waals surface area contributed by atoms with Crippen molar-refractivity contribution in [3.63, 3.8) is 0 Å². The molecule has 2 aliphatic rings. The maximum absolute atomic E-state index is 11.8. The monoisotopic (exact) mass is 297 g/mol. The van der Waals surface area contributed by atoms with Crippen LogP contribution in [0.2, 0.25) is 0 Å². The molecule has 1 atom stereocenters. The predicted octanol–water partition coefficient (Wildman–Crippen LogP) is 2.66. The lowest BCUT2D eigenvalue weighted by atomic mass is 9.92. The summed E-state index contributed by atoms with van der Waals surface area (Å²) in [6.07, 6.45) is 3.60. The van der Waals surface area contributed by atoms with Crippen molar-refractivity contribution in [3.8, 4) is 0 Å². The van der Waals surface area contributed by atoms with Gasteiger partial charge < -0.3 is 14.5 Å². The highest BCUT2D eigenvalue weighted by atomic mass is 16.6. The van der Waals surface area contributed by atoms with Crippen LogP contribution in [0.15, 0.2) is 36.5 Å². The molecule has 2 aromatic rings. The molecule has 0 radical (unpaired) electrons. The van der Waals surface area contributed by atoms with E-state index in [1.165, 1.54) is 5.69 Å². The topological polar surface area (TPSA) is 45.7 Å². The minimum atomic E-state index is -0.367. The first kappa shape index (κ1) is 13.4. The largest absolute Gasteiger partial charge is 0.439 e. The molecule has 5 heteroatoms. The van der Waals surface area contributed by atoms with Gasteiger partial charge in [0, 0.05) is 30.9 Å². The summed E-state index contributed by atoms with van der Waals surface area (Å²) in [5, 5.41) is 1.15. The Morgan fingerprint density at radius 3 is 2.91 bits per heavy atom. The Morgan fingerprint density at radius 2 is 2.09 bits per heavy atom. The maximum Gasteiger partial charge on any atom is 0.410 e. The Kier molecular flexibility index (Phi) is 2.96. The number of carbonyl (C=O) groups excluding carboxylic acids is 1. The van der Waals surface area contributed by atoms with E-state index in [0.717, 1.165) is 36.8 Å². The molecule has 4 rings (SSSR count). The van der Waals surface area contributed by atoms with Crippen molar-refractivity contribution in [1.82, 2.24) is 9.88 Å². The standard InChI is InChI=1S/C17H19N3O2/c1-19-11-17(22-16(19)21)8-4-10-20(12-17)15-7-9-18-14-6-3-2-5-13(14)15/h2-3,5-7,9H,4,8,10-12H2,1H3/t17-/m1/s1. The molecule has 1 amide bonds. The molecular formula is C17H19N3O2. The van der Waals surface area contributed by atoms with E-state index in [4.69, 9.17) is 4.74 Å². The van der Waals surface area contributed by atoms with Crippen LogP contribution in [0.25, 0.3) is 10.9 Å². The van der Waals surface area contributed by atoms with Crippen LogP contribution in [-0.4, -0.2) is 48.3 Å². The molecule has 0 aliphatic carbocycles. The van der Waals surface area contributed by atoms with Gasteiger partial charge in [-0.3, -0.25) is 4.98 Å². The van der Waals surface area contributed by atoms with E-state index in [0.29, 0.717) is 6.54 Å². The van der Waals surface area contributed by atoms with Crippen molar-refractivity contribution in [3.05, 3.63) is 36.5 Å². The smallest absolute Gasteiger partial charge is 0.410 e. The molecule has 0 N–H and O–H groups in total. The van der Waals surface area contributed by atoms with Crippen LogP contribution < -0.4 is 4.90 Å². The van der Waals surface area contributed by atoms with Crippen LogP contribution >= 0.6 is 0 Å². The number of carbonyl (C=O) groups is 1. The zero-order valence-corrected chi connectivity index (χ0v) is 12.7. The second-order valence-corrected chi connectivity index (χ2v) is 6.28. The van der Waals surface area contributed by atoms with E-state index in [2.05, 4.69) is 22.0 Å². The predicted molar refractivity (Wildman–Crippen MR) is 85.0 cm³/mol. The van der Waals surface area contributed by atoms with Gasteiger partial charge >= 0.3 is 6.09 Å². The minimum Gasteiger partial charge on any atom is -0.439 e. The molecule has 1 aromatic heterocycles. The molecule has 0 saturated carbocycles. The highest BCUT2D eigenvalue weighted by Gasteiger charge is 2.46. The highest BCUT2D eigenvalue weighted by Crippen LogP contribution is 2.35. The Labute approximate surface area is 129 Å². The third kappa shape index (κ3) is 2.08. The first-order valence-corrected chi connectivity index (χ1v) is 7.70. The number of piperidine rings is 1. The average molecular weight is 297 g/mol. The van der Waals surface area contributed by atoms with E-state index in [9.17, 15) is 4.79 Å². The number of ether oxygens (including phenoxy) is 1. The molecule has 22 heavy (non-hydrogen) atoms. The van der Waals surface area contributed by atoms with Crippen molar-refractivity contribution in [2.24, 2.45) is 0 Å². The molecule has 1 aromatic carbocycles. The van der Waals surface area contributed by atoms with Crippen LogP contribution in [0, 0.1) is 0 Å². The number of para-hydroxylation sites is 1. The van der Waals surface area contributed by atoms with E-state index in [1.54, 1.807) is 11.9 Å². The number of likely N-dealkylation sites (N-methyl/N-ethyl adjacent to an activating group) is 1. The van der Waals surface area contributed by atoms with Crippen molar-refractivity contribution >= 4 is 22.7 Å². The molecule has 5 nitrogen and oxygen atoms in total. The molecule has 0 bridgehead atoms. The molecule has 114 valence electrons. The Morgan fingerprint density at radius 1 is 1.23 bits per heavy atom. The van der Waals surface area contributed by atoms with Crippen LogP contribution in [0.5, 0.6) is 0 Å². The van der Waals surface area contributed by atoms with E-state index < -0.39 is 0 Å². The first-order chi connectivity index (χ1) is 10.7. The van der Waals surface area contributed by atoms with Gasteiger partial charge in [0.25, 0.3) is 0 Å². The summed E-state index contributed by atoms with van der Waals surface area (Å²) >= 11 is 0. The Bertz CT molecular complexity index is 727. The number of pyridine rings is 1. The minimum absolute atomic E-state index is 0.207. The summed E-state index contributed by atoms with van der Waals surface area (Å²) in [7, 11) is 1.80. The van der Waals surface area contributed by atoms with Crippen molar-refractivity contribution < 1.29 is 9.53 Å². The van der Waals surface area contributed by atoms with Crippen LogP contribution in [0.3, 0.4) is 0 Å². The fraction of sp³-hybridized carbons (Fsp3) is 0.412. The lowest BCUT2D eigenvalue weighted by Crippen LogP contribution is -2.50. The average Bonchev–Trinajstić information content (AvgIpc) is 2.80. The van der Waals surface area contributed by atoms with Crippen LogP contribution in [-0.2, 0) is 4.74 Å². The molecule has 0 unspecified atom stereocenters. The molecule has 2 aliphatic heterocycles. The van der Waals surface area contributed by atoms with E-state index >= 15 is 0 Å². The normalized spacial score (nSPS) is 25.0. The summed E-state index contributed by atoms with van der Waals surface area (Å²) in [6, 6.07) is 10.2. The molecular weight excluding hydrogens is 278 g/mol. The summed E-state index contributed by atoms with van der Waals surface area (Å²) in [4.78, 5) is 20.2. The zero-order valence-electron chi connectivity index (χ0n) is 12.7. The fourth-order valence-electron chi connectivity index (χ4n) is 3.66. The molecule has 1 spiro atoms. The molecule has 2 fully saturated rings. The highest BCUT2D eigenvalue weighted by molar-refractivity contribution is 5.91. The SMILES string of the molecule is CN1C[C@@]2(CCCN(c3ccnc4ccccc34)C2)OC1=O. The van der Waals surface area contributed by atoms with Gasteiger partial charge in [-0.25, -0.2) is 4.79 Å². The number of benzene rings is 1. The quantitative estimate of drug-likeness (QED) is 0.812. The number of amides is 1. The second-order valence-electron chi connectivity index (χ2n) is 6.28. The van der Waals surface area contributed by atoms with Crippen LogP contribution in [0.4, 0.5) is 10.5 Å². The molecule has 3 heterocycles. The van der Waals surface area contributed by atoms with Gasteiger partial charge in [-0.15, -0.1) is 0 Å². The second kappa shape index (κ2) is 4.87. The number of rotatable bonds is 1. The summed E-state index contributed by atoms with van der Waals surface area (Å²) in [5.41, 5.74) is 1.81. The van der Waals surface area contributed by atoms with Gasteiger partial charge in [0.2, 0.25) is 0 Å². The van der Waals surface area contributed by atoms with E-state index in [-0.39, 0.29) is 11.7 Å². The number of aromatic nitrogens is 1. The fourth-order valence-corrected chi connectivity index (χ4v) is 3.66. The third-order valence-corrected chi connectivity index (χ3v) is 4.65. The van der Waals surface area contributed by atoms with Gasteiger partial charge in [0.15, 0.2) is 0 Å². The van der Waals surface area contributed by atoms with Gasteiger partial charge in [-0.05, 0) is 25.0 Å². The summed E-state index contributed by atoms with van der Waals surface area (Å²) in [5.74, 6) is 0. The zero-order chi connectivity index (χ0) is 15.2. The number of anilines is 1. The van der Waals surface area contributed by atoms with Gasteiger partial charge in [-0.2, -0.15) is 0 Å². The number of nitrogens with zero attached hydrogens (tertiary/aromatic N) is 3. The Hall–Kier alpha value is -2.30. The molecule has 2 saturated heterocycles. The van der Waals surface area contributed by atoms with Gasteiger partial charge in [-0.1, -0.05) is 18.2 Å². The summed E-state index contributed by atoms with van der Waals surface area (Å²) < 4.78 is 5.70. The maximum atomic E-state index is 11.8. The van der Waals surface area contributed by atoms with Crippen LogP contribution in [0.1, 0.15) is 12.8 Å². The lowest BCUT2D eigenvalue weighted by Gasteiger charge is -2.40. The number of hydrogen-bond donors (Lipinski definition) is 0. The van der Waals surface area contributed by atoms with Gasteiger partial charge in [0.1, 0.15) is 5.60 Å². The third-order valence-electron chi connectivity index (χ3n) is 4.65. The van der Waals surface area contributed by atoms with E-state index in [1.807, 2.05) is 24.4 Å². The van der Waals surface area contributed by atoms with Crippen molar-refractivity contribution in [2.75, 3.05) is 31.6 Å². The van der Waals surface area contributed by atoms with Crippen molar-refractivity contribution in [1.29, 1.82) is 0 Å². The van der Waals surface area contributed by atoms with Crippen molar-refractivity contribution in [2.45, 2.75) is 18.4 Å². The van der Waals surface area contributed by atoms with Gasteiger partial charge in [0.05, 0.1) is 18.6 Å². The lowest BCUT2D eigenvalue weighted by molar-refractivity contribution is 0.0448. The number of fused-ring (bicyclic) bond motifs is 1. The summed E-state index contributed by atoms with van der Waals surface area (Å²) in [6.45, 7) is 2.40. The number of hydrogen-bond acceptors (Lipinski definition) is 4. The first-order valence-electron chi connectivity index (χ1n) is 7.70.